The van der Waals surface area contributed by atoms with Gasteiger partial charge in [0.2, 0.25) is 5.91 Å². The van der Waals surface area contributed by atoms with E-state index in [4.69, 9.17) is 9.26 Å². The van der Waals surface area contributed by atoms with Gasteiger partial charge in [-0.25, -0.2) is 0 Å². The number of carbonyl (C=O) groups is 1. The molecule has 1 aromatic carbocycles. The predicted octanol–water partition coefficient (Wildman–Crippen LogP) is 1.89. The maximum atomic E-state index is 12.1. The molecule has 0 unspecified atom stereocenters. The van der Waals surface area contributed by atoms with Crippen LogP contribution < -0.4 is 5.32 Å². The van der Waals surface area contributed by atoms with Gasteiger partial charge in [-0.05, 0) is 12.5 Å². The fourth-order valence-electron chi connectivity index (χ4n) is 2.86. The van der Waals surface area contributed by atoms with Crippen molar-refractivity contribution in [2.75, 3.05) is 19.7 Å². The maximum Gasteiger partial charge on any atom is 0.222 e. The number of nitrogens with one attached hydrogen (secondary N) is 1. The Hall–Kier alpha value is -2.18. The Morgan fingerprint density at radius 1 is 1.38 bits per heavy atom. The van der Waals surface area contributed by atoms with Crippen molar-refractivity contribution in [3.05, 3.63) is 53.4 Å². The molecule has 0 radical (unpaired) electrons. The van der Waals surface area contributed by atoms with E-state index in [1.54, 1.807) is 0 Å². The number of amides is 1. The van der Waals surface area contributed by atoms with Crippen LogP contribution in [-0.2, 0) is 22.6 Å². The molecule has 0 bridgehead atoms. The van der Waals surface area contributed by atoms with Crippen LogP contribution in [0, 0.1) is 6.92 Å². The Balaban J connectivity index is 1.43. The van der Waals surface area contributed by atoms with Gasteiger partial charge in [-0.1, -0.05) is 35.5 Å². The van der Waals surface area contributed by atoms with E-state index in [0.717, 1.165) is 31.1 Å². The Labute approximate surface area is 141 Å². The second-order valence-corrected chi connectivity index (χ2v) is 6.12. The van der Waals surface area contributed by atoms with Gasteiger partial charge in [-0.15, -0.1) is 0 Å². The lowest BCUT2D eigenvalue weighted by Gasteiger charge is -2.32. The zero-order valence-corrected chi connectivity index (χ0v) is 13.9. The monoisotopic (exact) mass is 329 g/mol. The van der Waals surface area contributed by atoms with Gasteiger partial charge in [0.15, 0.2) is 0 Å². The minimum atomic E-state index is -0.0680. The molecule has 0 aliphatic carbocycles. The SMILES string of the molecule is Cc1cc(CNC(=O)C[C@H]2CN(Cc3ccccc3)CCO2)no1. The molecule has 1 atom stereocenters. The summed E-state index contributed by atoms with van der Waals surface area (Å²) in [5, 5.41) is 6.73. The Bertz CT molecular complexity index is 657. The third-order valence-corrected chi connectivity index (χ3v) is 4.03. The molecule has 1 N–H and O–H groups in total. The fourth-order valence-corrected chi connectivity index (χ4v) is 2.86. The van der Waals surface area contributed by atoms with Crippen LogP contribution in [0.4, 0.5) is 0 Å². The van der Waals surface area contributed by atoms with E-state index in [2.05, 4.69) is 27.5 Å². The molecule has 1 amide bonds. The highest BCUT2D eigenvalue weighted by Gasteiger charge is 2.23. The number of aromatic nitrogens is 1. The molecular weight excluding hydrogens is 306 g/mol. The van der Waals surface area contributed by atoms with Crippen LogP contribution in [0.5, 0.6) is 0 Å². The van der Waals surface area contributed by atoms with Gasteiger partial charge in [0.25, 0.3) is 0 Å². The highest BCUT2D eigenvalue weighted by atomic mass is 16.5. The molecule has 2 heterocycles. The Morgan fingerprint density at radius 3 is 2.96 bits per heavy atom. The van der Waals surface area contributed by atoms with Crippen molar-refractivity contribution in [2.45, 2.75) is 32.5 Å². The van der Waals surface area contributed by atoms with Gasteiger partial charge in [0.05, 0.1) is 25.7 Å². The molecule has 6 nitrogen and oxygen atoms in total. The number of benzene rings is 1. The molecule has 1 aromatic heterocycles. The number of nitrogens with zero attached hydrogens (tertiary/aromatic N) is 2. The summed E-state index contributed by atoms with van der Waals surface area (Å²) in [6.45, 7) is 5.43. The van der Waals surface area contributed by atoms with Gasteiger partial charge < -0.3 is 14.6 Å². The molecule has 0 spiro atoms. The van der Waals surface area contributed by atoms with Crippen molar-refractivity contribution in [3.8, 4) is 0 Å². The molecule has 1 aliphatic heterocycles. The minimum absolute atomic E-state index is 0.0257. The summed E-state index contributed by atoms with van der Waals surface area (Å²) in [4.78, 5) is 14.4. The first kappa shape index (κ1) is 16.7. The third kappa shape index (κ3) is 4.91. The molecule has 1 aliphatic rings. The maximum absolute atomic E-state index is 12.1. The molecule has 2 aromatic rings. The summed E-state index contributed by atoms with van der Waals surface area (Å²) >= 11 is 0. The van der Waals surface area contributed by atoms with Gasteiger partial charge in [-0.2, -0.15) is 0 Å². The number of aryl methyl sites for hydroxylation is 1. The van der Waals surface area contributed by atoms with Gasteiger partial charge in [-0.3, -0.25) is 9.69 Å². The Morgan fingerprint density at radius 2 is 2.21 bits per heavy atom. The first-order valence-corrected chi connectivity index (χ1v) is 8.26. The lowest BCUT2D eigenvalue weighted by molar-refractivity contribution is -0.126. The minimum Gasteiger partial charge on any atom is -0.375 e. The summed E-state index contributed by atoms with van der Waals surface area (Å²) in [6, 6.07) is 12.2. The predicted molar refractivity (Wildman–Crippen MR) is 89.2 cm³/mol. The summed E-state index contributed by atoms with van der Waals surface area (Å²) in [7, 11) is 0. The van der Waals surface area contributed by atoms with Crippen LogP contribution >= 0.6 is 0 Å². The van der Waals surface area contributed by atoms with Gasteiger partial charge in [0.1, 0.15) is 11.5 Å². The number of rotatable bonds is 6. The van der Waals surface area contributed by atoms with Crippen molar-refractivity contribution in [1.82, 2.24) is 15.4 Å². The molecule has 1 saturated heterocycles. The lowest BCUT2D eigenvalue weighted by atomic mass is 10.1. The quantitative estimate of drug-likeness (QED) is 0.876. The largest absolute Gasteiger partial charge is 0.375 e. The molecule has 0 saturated carbocycles. The smallest absolute Gasteiger partial charge is 0.222 e. The summed E-state index contributed by atoms with van der Waals surface area (Å²) in [5.41, 5.74) is 2.01. The number of hydrogen-bond donors (Lipinski definition) is 1. The number of ether oxygens (including phenoxy) is 1. The highest BCUT2D eigenvalue weighted by molar-refractivity contribution is 5.76. The van der Waals surface area contributed by atoms with Crippen molar-refractivity contribution in [3.63, 3.8) is 0 Å². The summed E-state index contributed by atoms with van der Waals surface area (Å²) in [5.74, 6) is 0.716. The van der Waals surface area contributed by atoms with E-state index in [0.29, 0.717) is 19.6 Å². The molecule has 6 heteroatoms. The van der Waals surface area contributed by atoms with Crippen LogP contribution in [0.1, 0.15) is 23.4 Å². The number of hydrogen-bond acceptors (Lipinski definition) is 5. The first-order valence-electron chi connectivity index (χ1n) is 8.26. The molecule has 3 rings (SSSR count). The van der Waals surface area contributed by atoms with Crippen molar-refractivity contribution in [1.29, 1.82) is 0 Å². The van der Waals surface area contributed by atoms with Crippen LogP contribution in [-0.4, -0.2) is 41.8 Å². The average Bonchev–Trinajstić information content (AvgIpc) is 3.00. The van der Waals surface area contributed by atoms with E-state index >= 15 is 0 Å². The fraction of sp³-hybridized carbons (Fsp3) is 0.444. The highest BCUT2D eigenvalue weighted by Crippen LogP contribution is 2.12. The number of morpholine rings is 1. The van der Waals surface area contributed by atoms with E-state index in [1.165, 1.54) is 5.56 Å². The average molecular weight is 329 g/mol. The van der Waals surface area contributed by atoms with E-state index in [1.807, 2.05) is 31.2 Å². The van der Waals surface area contributed by atoms with Crippen LogP contribution in [0.3, 0.4) is 0 Å². The third-order valence-electron chi connectivity index (χ3n) is 4.03. The normalized spacial score (nSPS) is 18.5. The zero-order valence-electron chi connectivity index (χ0n) is 13.9. The molecule has 24 heavy (non-hydrogen) atoms. The molecule has 128 valence electrons. The second kappa shape index (κ2) is 8.08. The van der Waals surface area contributed by atoms with Gasteiger partial charge >= 0.3 is 0 Å². The molecule has 1 fully saturated rings. The van der Waals surface area contributed by atoms with Crippen molar-refractivity contribution >= 4 is 5.91 Å². The standard InChI is InChI=1S/C18H23N3O3/c1-14-9-16(20-24-14)11-19-18(22)10-17-13-21(7-8-23-17)12-15-5-3-2-4-6-15/h2-6,9,17H,7-8,10-13H2,1H3,(H,19,22)/t17-/m0/s1. The Kier molecular flexibility index (Phi) is 5.61. The van der Waals surface area contributed by atoms with Crippen LogP contribution in [0.15, 0.2) is 40.9 Å². The lowest BCUT2D eigenvalue weighted by Crippen LogP contribution is -2.44. The second-order valence-electron chi connectivity index (χ2n) is 6.12. The summed E-state index contributed by atoms with van der Waals surface area (Å²) in [6.07, 6.45) is 0.295. The van der Waals surface area contributed by atoms with E-state index < -0.39 is 0 Å². The van der Waals surface area contributed by atoms with E-state index in [9.17, 15) is 4.79 Å². The molecular formula is C18H23N3O3. The van der Waals surface area contributed by atoms with Gasteiger partial charge in [0, 0.05) is 25.7 Å². The van der Waals surface area contributed by atoms with Crippen molar-refractivity contribution < 1.29 is 14.1 Å². The summed E-state index contributed by atoms with van der Waals surface area (Å²) < 4.78 is 10.7. The first-order chi connectivity index (χ1) is 11.7. The zero-order chi connectivity index (χ0) is 16.8. The number of carbonyl (C=O) groups excluding carboxylic acids is 1. The van der Waals surface area contributed by atoms with E-state index in [-0.39, 0.29) is 12.0 Å². The van der Waals surface area contributed by atoms with Crippen LogP contribution in [0.2, 0.25) is 0 Å². The van der Waals surface area contributed by atoms with Crippen LogP contribution in [0.25, 0.3) is 0 Å². The topological polar surface area (TPSA) is 67.6 Å². The van der Waals surface area contributed by atoms with Crippen molar-refractivity contribution in [2.24, 2.45) is 0 Å².